The van der Waals surface area contributed by atoms with E-state index in [9.17, 15) is 9.59 Å². The molecular formula is C12H22N4O3. The first-order valence-electron chi connectivity index (χ1n) is 6.82. The van der Waals surface area contributed by atoms with E-state index < -0.39 is 0 Å². The lowest BCUT2D eigenvalue weighted by Gasteiger charge is -2.33. The first-order chi connectivity index (χ1) is 9.29. The van der Waals surface area contributed by atoms with Gasteiger partial charge in [0.25, 0.3) is 0 Å². The normalized spacial score (nSPS) is 21.3. The molecule has 7 heteroatoms. The van der Waals surface area contributed by atoms with Crippen LogP contribution >= 0.6 is 0 Å². The maximum Gasteiger partial charge on any atom is 0.317 e. The van der Waals surface area contributed by atoms with Crippen LogP contribution in [0.4, 0.5) is 4.79 Å². The zero-order valence-corrected chi connectivity index (χ0v) is 11.2. The van der Waals surface area contributed by atoms with Crippen LogP contribution in [0.5, 0.6) is 0 Å². The summed E-state index contributed by atoms with van der Waals surface area (Å²) in [5, 5.41) is 2.93. The number of carbonyl (C=O) groups is 2. The maximum atomic E-state index is 11.9. The second-order valence-electron chi connectivity index (χ2n) is 4.81. The summed E-state index contributed by atoms with van der Waals surface area (Å²) in [4.78, 5) is 28.2. The van der Waals surface area contributed by atoms with Gasteiger partial charge < -0.3 is 19.9 Å². The van der Waals surface area contributed by atoms with Gasteiger partial charge in [0.15, 0.2) is 0 Å². The molecule has 0 aromatic carbocycles. The number of carbonyl (C=O) groups excluding carboxylic acids is 2. The van der Waals surface area contributed by atoms with Crippen LogP contribution in [0, 0.1) is 0 Å². The van der Waals surface area contributed by atoms with Gasteiger partial charge in [-0.2, -0.15) is 0 Å². The summed E-state index contributed by atoms with van der Waals surface area (Å²) in [6.07, 6.45) is 0.841. The lowest BCUT2D eigenvalue weighted by molar-refractivity contribution is -0.119. The Kier molecular flexibility index (Phi) is 5.41. The highest BCUT2D eigenvalue weighted by molar-refractivity contribution is 5.74. The fraction of sp³-hybridized carbons (Fsp3) is 0.833. The molecule has 2 heterocycles. The number of morpholine rings is 1. The number of nitrogens with one attached hydrogen (secondary N) is 1. The lowest BCUT2D eigenvalue weighted by atomic mass is 10.3. The minimum atomic E-state index is -0.0289. The second-order valence-corrected chi connectivity index (χ2v) is 4.81. The highest BCUT2D eigenvalue weighted by atomic mass is 16.5. The van der Waals surface area contributed by atoms with Crippen molar-refractivity contribution in [2.24, 2.45) is 0 Å². The number of ether oxygens (including phenoxy) is 1. The Hall–Kier alpha value is -1.34. The van der Waals surface area contributed by atoms with E-state index in [1.165, 1.54) is 0 Å². The fourth-order valence-electron chi connectivity index (χ4n) is 2.29. The topological polar surface area (TPSA) is 65.1 Å². The molecule has 2 rings (SSSR count). The zero-order chi connectivity index (χ0) is 13.5. The summed E-state index contributed by atoms with van der Waals surface area (Å²) >= 11 is 0. The molecule has 0 bridgehead atoms. The van der Waals surface area contributed by atoms with Crippen molar-refractivity contribution < 1.29 is 14.3 Å². The molecule has 0 aliphatic carbocycles. The van der Waals surface area contributed by atoms with Gasteiger partial charge in [-0.3, -0.25) is 9.69 Å². The minimum Gasteiger partial charge on any atom is -0.379 e. The molecule has 2 saturated heterocycles. The number of hydrogen-bond donors (Lipinski definition) is 1. The Morgan fingerprint density at radius 2 is 1.79 bits per heavy atom. The molecule has 0 unspecified atom stereocenters. The third-order valence-electron chi connectivity index (χ3n) is 3.56. The number of rotatable bonds is 4. The number of nitrogens with zero attached hydrogens (tertiary/aromatic N) is 3. The van der Waals surface area contributed by atoms with Crippen molar-refractivity contribution in [1.29, 1.82) is 0 Å². The third-order valence-corrected chi connectivity index (χ3v) is 3.56. The molecule has 0 aromatic rings. The molecule has 0 saturated carbocycles. The van der Waals surface area contributed by atoms with E-state index >= 15 is 0 Å². The molecule has 0 atom stereocenters. The van der Waals surface area contributed by atoms with Crippen LogP contribution < -0.4 is 5.32 Å². The largest absolute Gasteiger partial charge is 0.379 e. The number of piperazine rings is 1. The van der Waals surface area contributed by atoms with Crippen molar-refractivity contribution in [2.45, 2.75) is 0 Å². The van der Waals surface area contributed by atoms with Crippen molar-refractivity contribution in [2.75, 3.05) is 65.6 Å². The molecule has 1 N–H and O–H groups in total. The highest BCUT2D eigenvalue weighted by Gasteiger charge is 2.19. The summed E-state index contributed by atoms with van der Waals surface area (Å²) in [6, 6.07) is -0.0289. The molecular weight excluding hydrogens is 248 g/mol. The monoisotopic (exact) mass is 270 g/mol. The van der Waals surface area contributed by atoms with Gasteiger partial charge in [0.1, 0.15) is 0 Å². The first-order valence-corrected chi connectivity index (χ1v) is 6.82. The number of urea groups is 1. The van der Waals surface area contributed by atoms with Gasteiger partial charge >= 0.3 is 6.03 Å². The Bertz CT molecular complexity index is 299. The fourth-order valence-corrected chi connectivity index (χ4v) is 2.29. The maximum absolute atomic E-state index is 11.9. The third kappa shape index (κ3) is 4.36. The average molecular weight is 270 g/mol. The smallest absolute Gasteiger partial charge is 0.317 e. The van der Waals surface area contributed by atoms with Crippen LogP contribution in [0.1, 0.15) is 0 Å². The standard InChI is InChI=1S/C12H22N4O3/c17-11-15-3-5-16(6-4-15)12(18)13-1-2-14-7-9-19-10-8-14/h11H,1-10H2,(H,13,18). The Morgan fingerprint density at radius 3 is 2.42 bits per heavy atom. The van der Waals surface area contributed by atoms with Crippen LogP contribution in [0.2, 0.25) is 0 Å². The van der Waals surface area contributed by atoms with E-state index in [4.69, 9.17) is 4.74 Å². The summed E-state index contributed by atoms with van der Waals surface area (Å²) in [7, 11) is 0. The molecule has 108 valence electrons. The molecule has 3 amide bonds. The van der Waals surface area contributed by atoms with Crippen LogP contribution in [0.15, 0.2) is 0 Å². The van der Waals surface area contributed by atoms with E-state index in [2.05, 4.69) is 10.2 Å². The van der Waals surface area contributed by atoms with E-state index in [1.807, 2.05) is 0 Å². The Morgan fingerprint density at radius 1 is 1.11 bits per heavy atom. The van der Waals surface area contributed by atoms with Crippen molar-refractivity contribution >= 4 is 12.4 Å². The molecule has 0 aromatic heterocycles. The number of hydrogen-bond acceptors (Lipinski definition) is 4. The molecule has 0 radical (unpaired) electrons. The lowest BCUT2D eigenvalue weighted by Crippen LogP contribution is -2.52. The first kappa shape index (κ1) is 14.1. The quantitative estimate of drug-likeness (QED) is 0.652. The van der Waals surface area contributed by atoms with Crippen molar-refractivity contribution in [3.05, 3.63) is 0 Å². The van der Waals surface area contributed by atoms with Crippen LogP contribution in [0.25, 0.3) is 0 Å². The van der Waals surface area contributed by atoms with Crippen LogP contribution in [-0.4, -0.2) is 92.7 Å². The molecule has 0 spiro atoms. The van der Waals surface area contributed by atoms with Gasteiger partial charge in [-0.1, -0.05) is 0 Å². The molecule has 19 heavy (non-hydrogen) atoms. The van der Waals surface area contributed by atoms with E-state index in [1.54, 1.807) is 9.80 Å². The van der Waals surface area contributed by atoms with Crippen molar-refractivity contribution in [1.82, 2.24) is 20.0 Å². The predicted molar refractivity (Wildman–Crippen MR) is 69.9 cm³/mol. The zero-order valence-electron chi connectivity index (χ0n) is 11.2. The highest BCUT2D eigenvalue weighted by Crippen LogP contribution is 2.00. The molecule has 2 aliphatic rings. The summed E-state index contributed by atoms with van der Waals surface area (Å²) in [5.41, 5.74) is 0. The SMILES string of the molecule is O=CN1CCN(C(=O)NCCN2CCOCC2)CC1. The second kappa shape index (κ2) is 7.30. The van der Waals surface area contributed by atoms with Crippen molar-refractivity contribution in [3.8, 4) is 0 Å². The molecule has 7 nitrogen and oxygen atoms in total. The van der Waals surface area contributed by atoms with E-state index in [0.717, 1.165) is 39.3 Å². The molecule has 2 aliphatic heterocycles. The van der Waals surface area contributed by atoms with Gasteiger partial charge in [0, 0.05) is 52.4 Å². The summed E-state index contributed by atoms with van der Waals surface area (Å²) in [5.74, 6) is 0. The van der Waals surface area contributed by atoms with E-state index in [0.29, 0.717) is 32.7 Å². The summed E-state index contributed by atoms with van der Waals surface area (Å²) < 4.78 is 5.27. The predicted octanol–water partition coefficient (Wildman–Crippen LogP) is -1.20. The van der Waals surface area contributed by atoms with Gasteiger partial charge in [-0.15, -0.1) is 0 Å². The molecule has 2 fully saturated rings. The Balaban J connectivity index is 1.60. The van der Waals surface area contributed by atoms with Gasteiger partial charge in [-0.05, 0) is 0 Å². The van der Waals surface area contributed by atoms with Gasteiger partial charge in [0.05, 0.1) is 13.2 Å². The minimum absolute atomic E-state index is 0.0289. The van der Waals surface area contributed by atoms with Gasteiger partial charge in [-0.25, -0.2) is 4.79 Å². The van der Waals surface area contributed by atoms with Crippen molar-refractivity contribution in [3.63, 3.8) is 0 Å². The van der Waals surface area contributed by atoms with E-state index in [-0.39, 0.29) is 6.03 Å². The van der Waals surface area contributed by atoms with Gasteiger partial charge in [0.2, 0.25) is 6.41 Å². The number of amides is 3. The average Bonchev–Trinajstić information content (AvgIpc) is 2.48. The van der Waals surface area contributed by atoms with Crippen LogP contribution in [0.3, 0.4) is 0 Å². The Labute approximate surface area is 113 Å². The summed E-state index contributed by atoms with van der Waals surface area (Å²) in [6.45, 7) is 7.44. The van der Waals surface area contributed by atoms with Crippen LogP contribution in [-0.2, 0) is 9.53 Å².